The number of carbonyl (C=O) groups is 4. The number of allylic oxidation sites excluding steroid dienone is 6. The molecule has 4 aromatic carbocycles. The molecule has 6 heteroatoms. The molecule has 11 rings (SSSR count). The summed E-state index contributed by atoms with van der Waals surface area (Å²) in [5.74, 6) is -0.848. The predicted molar refractivity (Wildman–Crippen MR) is 220 cm³/mol. The fraction of sp³-hybridized carbons (Fsp3) is 0.102. The molecule has 0 amide bonds. The number of rotatable bonds is 4. The SMILES string of the molecule is CCC1(CC)c2cc(C3=CC(=C4C(=O)c5ccccc5C4=O)c4ccccc43)sc2-c2sc(C3=CC(=C4C(=O)c5ccccc5C4=O)c4ccccc43)cc21. The van der Waals surface area contributed by atoms with Crippen molar-refractivity contribution < 1.29 is 19.2 Å². The molecule has 262 valence electrons. The quantitative estimate of drug-likeness (QED) is 0.133. The van der Waals surface area contributed by atoms with Crippen molar-refractivity contribution in [2.75, 3.05) is 0 Å². The van der Waals surface area contributed by atoms with Crippen LogP contribution in [0.4, 0.5) is 0 Å². The van der Waals surface area contributed by atoms with Gasteiger partial charge in [-0.05, 0) is 81.7 Å². The Morgan fingerprint density at radius 3 is 1.07 bits per heavy atom. The zero-order valence-corrected chi connectivity index (χ0v) is 31.5. The molecule has 0 spiro atoms. The lowest BCUT2D eigenvalue weighted by Crippen LogP contribution is -2.22. The monoisotopic (exact) mass is 746 g/mol. The van der Waals surface area contributed by atoms with E-state index in [4.69, 9.17) is 0 Å². The van der Waals surface area contributed by atoms with Crippen molar-refractivity contribution in [3.63, 3.8) is 0 Å². The minimum atomic E-state index is -0.212. The number of fused-ring (bicyclic) bond motifs is 7. The molecule has 0 bridgehead atoms. The Morgan fingerprint density at radius 1 is 0.436 bits per heavy atom. The zero-order chi connectivity index (χ0) is 37.3. The van der Waals surface area contributed by atoms with Crippen molar-refractivity contribution in [2.24, 2.45) is 0 Å². The van der Waals surface area contributed by atoms with Gasteiger partial charge in [-0.3, -0.25) is 19.2 Å². The van der Waals surface area contributed by atoms with Gasteiger partial charge in [-0.1, -0.05) is 111 Å². The Labute approximate surface area is 325 Å². The van der Waals surface area contributed by atoms with E-state index in [2.05, 4.69) is 50.3 Å². The van der Waals surface area contributed by atoms with E-state index in [0.29, 0.717) is 33.4 Å². The van der Waals surface area contributed by atoms with Gasteiger partial charge in [-0.25, -0.2) is 0 Å². The van der Waals surface area contributed by atoms with Gasteiger partial charge in [-0.2, -0.15) is 0 Å². The van der Waals surface area contributed by atoms with Crippen molar-refractivity contribution in [1.29, 1.82) is 0 Å². The van der Waals surface area contributed by atoms with E-state index in [9.17, 15) is 19.2 Å². The van der Waals surface area contributed by atoms with E-state index in [1.165, 1.54) is 20.9 Å². The normalized spacial score (nSPS) is 17.1. The molecule has 0 atom stereocenters. The summed E-state index contributed by atoms with van der Waals surface area (Å²) >= 11 is 3.56. The largest absolute Gasteiger partial charge is 0.288 e. The minimum absolute atomic E-state index is 0.188. The average molecular weight is 747 g/mol. The van der Waals surface area contributed by atoms with E-state index in [0.717, 1.165) is 56.0 Å². The van der Waals surface area contributed by atoms with Crippen LogP contribution in [0.25, 0.3) is 32.0 Å². The Bertz CT molecular complexity index is 2700. The lowest BCUT2D eigenvalue weighted by molar-refractivity contribution is 0.0974. The van der Waals surface area contributed by atoms with Gasteiger partial charge >= 0.3 is 0 Å². The van der Waals surface area contributed by atoms with E-state index >= 15 is 0 Å². The van der Waals surface area contributed by atoms with Gasteiger partial charge in [0.25, 0.3) is 0 Å². The molecule has 0 radical (unpaired) electrons. The van der Waals surface area contributed by atoms with Crippen LogP contribution in [0.2, 0.25) is 0 Å². The lowest BCUT2D eigenvalue weighted by Gasteiger charge is -2.28. The number of ketones is 4. The molecule has 2 heterocycles. The van der Waals surface area contributed by atoms with Crippen molar-refractivity contribution >= 4 is 68.1 Å². The minimum Gasteiger partial charge on any atom is -0.288 e. The molecule has 5 aliphatic carbocycles. The van der Waals surface area contributed by atoms with Gasteiger partial charge in [-0.15, -0.1) is 22.7 Å². The third-order valence-electron chi connectivity index (χ3n) is 12.3. The highest BCUT2D eigenvalue weighted by molar-refractivity contribution is 7.23. The Balaban J connectivity index is 1.05. The molecular formula is C49H30O4S2. The molecule has 55 heavy (non-hydrogen) atoms. The van der Waals surface area contributed by atoms with Crippen LogP contribution in [-0.2, 0) is 5.41 Å². The highest BCUT2D eigenvalue weighted by atomic mass is 32.1. The van der Waals surface area contributed by atoms with Gasteiger partial charge in [0.15, 0.2) is 23.1 Å². The maximum atomic E-state index is 13.7. The van der Waals surface area contributed by atoms with Gasteiger partial charge in [0.05, 0.1) is 11.1 Å². The molecule has 0 saturated heterocycles. The first-order valence-corrected chi connectivity index (χ1v) is 20.3. The predicted octanol–water partition coefficient (Wildman–Crippen LogP) is 11.5. The fourth-order valence-corrected chi connectivity index (χ4v) is 12.3. The molecular weight excluding hydrogens is 717 g/mol. The molecule has 0 aliphatic heterocycles. The molecule has 0 saturated carbocycles. The third kappa shape index (κ3) is 4.16. The Hall–Kier alpha value is -6.08. The van der Waals surface area contributed by atoms with Crippen LogP contribution >= 0.6 is 22.7 Å². The Kier molecular flexibility index (Phi) is 6.75. The maximum Gasteiger partial charge on any atom is 0.198 e. The highest BCUT2D eigenvalue weighted by Gasteiger charge is 2.46. The summed E-state index contributed by atoms with van der Waals surface area (Å²) in [6, 6.07) is 35.1. The zero-order valence-electron chi connectivity index (χ0n) is 29.9. The maximum absolute atomic E-state index is 13.7. The second-order valence-corrected chi connectivity index (χ2v) is 16.8. The van der Waals surface area contributed by atoms with Crippen molar-refractivity contribution in [1.82, 2.24) is 0 Å². The number of hydrogen-bond donors (Lipinski definition) is 0. The lowest BCUT2D eigenvalue weighted by atomic mass is 9.74. The summed E-state index contributed by atoms with van der Waals surface area (Å²) < 4.78 is 0. The summed E-state index contributed by atoms with van der Waals surface area (Å²) in [4.78, 5) is 59.5. The third-order valence-corrected chi connectivity index (χ3v) is 14.8. The fourth-order valence-electron chi connectivity index (χ4n) is 9.57. The molecule has 4 nitrogen and oxygen atoms in total. The molecule has 0 fully saturated rings. The number of benzene rings is 4. The van der Waals surface area contributed by atoms with E-state index in [1.54, 1.807) is 71.2 Å². The number of thiophene rings is 2. The summed E-state index contributed by atoms with van der Waals surface area (Å²) in [6.07, 6.45) is 5.97. The number of carbonyl (C=O) groups excluding carboxylic acids is 4. The number of hydrogen-bond acceptors (Lipinski definition) is 6. The molecule has 2 aromatic heterocycles. The van der Waals surface area contributed by atoms with E-state index < -0.39 is 0 Å². The Morgan fingerprint density at radius 2 is 0.745 bits per heavy atom. The van der Waals surface area contributed by atoms with Crippen LogP contribution in [0.1, 0.15) is 111 Å². The molecule has 5 aliphatic rings. The van der Waals surface area contributed by atoms with Crippen LogP contribution in [0.5, 0.6) is 0 Å². The van der Waals surface area contributed by atoms with Crippen LogP contribution in [-0.4, -0.2) is 23.1 Å². The first kappa shape index (κ1) is 32.4. The van der Waals surface area contributed by atoms with Crippen LogP contribution in [0.3, 0.4) is 0 Å². The molecule has 6 aromatic rings. The summed E-state index contributed by atoms with van der Waals surface area (Å²) in [7, 11) is 0. The van der Waals surface area contributed by atoms with E-state index in [-0.39, 0.29) is 39.7 Å². The molecule has 0 unspecified atom stereocenters. The van der Waals surface area contributed by atoms with Crippen molar-refractivity contribution in [3.8, 4) is 9.75 Å². The second-order valence-electron chi connectivity index (χ2n) is 14.7. The van der Waals surface area contributed by atoms with Crippen LogP contribution in [0, 0.1) is 0 Å². The van der Waals surface area contributed by atoms with Gasteiger partial charge in [0.2, 0.25) is 0 Å². The van der Waals surface area contributed by atoms with Crippen molar-refractivity contribution in [2.45, 2.75) is 32.1 Å². The van der Waals surface area contributed by atoms with Crippen molar-refractivity contribution in [3.05, 3.63) is 198 Å². The summed E-state index contributed by atoms with van der Waals surface area (Å²) in [5.41, 5.74) is 12.2. The topological polar surface area (TPSA) is 68.3 Å². The summed E-state index contributed by atoms with van der Waals surface area (Å²) in [5, 5.41) is 0. The number of Topliss-reactive ketones (excluding diaryl/α,β-unsaturated/α-hetero) is 4. The van der Waals surface area contributed by atoms with Gasteiger partial charge in [0.1, 0.15) is 0 Å². The highest BCUT2D eigenvalue weighted by Crippen LogP contribution is 2.61. The summed E-state index contributed by atoms with van der Waals surface area (Å²) in [6.45, 7) is 4.53. The van der Waals surface area contributed by atoms with Crippen LogP contribution in [0.15, 0.2) is 132 Å². The van der Waals surface area contributed by atoms with E-state index in [1.807, 2.05) is 36.4 Å². The first-order chi connectivity index (χ1) is 26.8. The van der Waals surface area contributed by atoms with Gasteiger partial charge < -0.3 is 0 Å². The van der Waals surface area contributed by atoms with Gasteiger partial charge in [0, 0.05) is 58.3 Å². The molecule has 0 N–H and O–H groups in total. The standard InChI is InChI=1S/C49H30O4S2/c1-3-49(4-2)37-23-39(33-21-35(27-15-7-5-13-25(27)33)41-43(50)29-17-9-10-18-30(29)44(41)51)54-47(37)48-38(49)24-40(55-48)34-22-36(28-16-8-6-14-26(28)34)42-45(52)31-19-11-12-20-32(31)46(42)53/h5-24H,3-4H2,1-2H3. The van der Waals surface area contributed by atoms with Crippen LogP contribution < -0.4 is 0 Å². The smallest absolute Gasteiger partial charge is 0.198 e. The second kappa shape index (κ2) is 11.5. The first-order valence-electron chi connectivity index (χ1n) is 18.6. The average Bonchev–Trinajstić information content (AvgIpc) is 4.08.